The molecule has 0 bridgehead atoms. The second-order valence-electron chi connectivity index (χ2n) is 7.34. The third-order valence-electron chi connectivity index (χ3n) is 5.24. The van der Waals surface area contributed by atoms with Gasteiger partial charge in [0.1, 0.15) is 17.5 Å². The third-order valence-corrected chi connectivity index (χ3v) is 6.36. The molecule has 0 aliphatic carbocycles. The van der Waals surface area contributed by atoms with Gasteiger partial charge in [0.15, 0.2) is 11.0 Å². The number of nitrogens with zero attached hydrogens (tertiary/aromatic N) is 4. The number of hydrogen-bond acceptors (Lipinski definition) is 5. The molecule has 2 heterocycles. The van der Waals surface area contributed by atoms with Gasteiger partial charge in [-0.15, -0.1) is 10.2 Å². The van der Waals surface area contributed by atoms with E-state index >= 15 is 0 Å². The first-order valence-electron chi connectivity index (χ1n) is 10.1. The summed E-state index contributed by atoms with van der Waals surface area (Å²) >= 11 is 1.32. The van der Waals surface area contributed by atoms with Gasteiger partial charge in [-0.05, 0) is 49.4 Å². The highest BCUT2D eigenvalue weighted by molar-refractivity contribution is 7.99. The summed E-state index contributed by atoms with van der Waals surface area (Å²) in [5, 5.41) is 8.87. The van der Waals surface area contributed by atoms with E-state index in [2.05, 4.69) is 15.1 Å². The lowest BCUT2D eigenvalue weighted by Gasteiger charge is -2.27. The topological polar surface area (TPSA) is 43.2 Å². The van der Waals surface area contributed by atoms with Crippen molar-refractivity contribution in [2.24, 2.45) is 0 Å². The van der Waals surface area contributed by atoms with Crippen molar-refractivity contribution in [1.29, 1.82) is 0 Å². The van der Waals surface area contributed by atoms with Crippen molar-refractivity contribution in [3.05, 3.63) is 65.5 Å². The Bertz CT molecular complexity index is 1020. The maximum atomic E-state index is 14.2. The molecule has 0 saturated carbocycles. The zero-order valence-corrected chi connectivity index (χ0v) is 17.9. The maximum absolute atomic E-state index is 14.2. The van der Waals surface area contributed by atoms with Crippen LogP contribution in [0.4, 0.5) is 13.2 Å². The molecule has 164 valence electrons. The van der Waals surface area contributed by atoms with E-state index in [9.17, 15) is 13.2 Å². The number of rotatable bonds is 7. The molecular formula is C22H23F3N4OS. The van der Waals surface area contributed by atoms with Gasteiger partial charge in [0, 0.05) is 42.6 Å². The Morgan fingerprint density at radius 1 is 0.968 bits per heavy atom. The monoisotopic (exact) mass is 448 g/mol. The quantitative estimate of drug-likeness (QED) is 0.496. The highest BCUT2D eigenvalue weighted by Crippen LogP contribution is 2.36. The Morgan fingerprint density at radius 2 is 1.68 bits per heavy atom. The van der Waals surface area contributed by atoms with E-state index < -0.39 is 11.6 Å². The van der Waals surface area contributed by atoms with Gasteiger partial charge in [-0.1, -0.05) is 11.8 Å². The number of morpholine rings is 1. The van der Waals surface area contributed by atoms with E-state index in [0.717, 1.165) is 37.3 Å². The molecule has 0 radical (unpaired) electrons. The van der Waals surface area contributed by atoms with Crippen LogP contribution in [0.2, 0.25) is 0 Å². The van der Waals surface area contributed by atoms with Crippen LogP contribution in [0, 0.1) is 17.5 Å². The van der Waals surface area contributed by atoms with Gasteiger partial charge in [-0.25, -0.2) is 13.2 Å². The summed E-state index contributed by atoms with van der Waals surface area (Å²) in [5.74, 6) is -0.653. The molecule has 1 saturated heterocycles. The molecule has 1 unspecified atom stereocenters. The molecule has 4 rings (SSSR count). The van der Waals surface area contributed by atoms with Gasteiger partial charge in [0.2, 0.25) is 0 Å². The first-order chi connectivity index (χ1) is 15.0. The van der Waals surface area contributed by atoms with Crippen molar-refractivity contribution in [1.82, 2.24) is 19.7 Å². The van der Waals surface area contributed by atoms with E-state index in [-0.39, 0.29) is 16.6 Å². The third kappa shape index (κ3) is 5.28. The minimum atomic E-state index is -0.482. The summed E-state index contributed by atoms with van der Waals surface area (Å²) in [6.45, 7) is 6.28. The van der Waals surface area contributed by atoms with Gasteiger partial charge < -0.3 is 9.30 Å². The number of thioether (sulfide) groups is 1. The molecule has 3 aromatic rings. The van der Waals surface area contributed by atoms with Crippen molar-refractivity contribution in [3.8, 4) is 11.4 Å². The van der Waals surface area contributed by atoms with Crippen LogP contribution in [0.25, 0.3) is 11.4 Å². The molecule has 1 atom stereocenters. The maximum Gasteiger partial charge on any atom is 0.192 e. The molecule has 9 heteroatoms. The highest BCUT2D eigenvalue weighted by Gasteiger charge is 2.21. The van der Waals surface area contributed by atoms with Crippen LogP contribution in [0.5, 0.6) is 0 Å². The molecule has 1 aromatic heterocycles. The average molecular weight is 449 g/mol. The molecular weight excluding hydrogens is 425 g/mol. The lowest BCUT2D eigenvalue weighted by molar-refractivity contribution is 0.0361. The van der Waals surface area contributed by atoms with Crippen molar-refractivity contribution < 1.29 is 17.9 Å². The second-order valence-corrected chi connectivity index (χ2v) is 8.65. The van der Waals surface area contributed by atoms with Gasteiger partial charge in [0.25, 0.3) is 0 Å². The molecule has 31 heavy (non-hydrogen) atoms. The average Bonchev–Trinajstić information content (AvgIpc) is 3.17. The summed E-state index contributed by atoms with van der Waals surface area (Å²) in [6.07, 6.45) is 0. The van der Waals surface area contributed by atoms with E-state index in [1.807, 2.05) is 4.57 Å². The van der Waals surface area contributed by atoms with Gasteiger partial charge in [-0.2, -0.15) is 0 Å². The fourth-order valence-electron chi connectivity index (χ4n) is 3.50. The summed E-state index contributed by atoms with van der Waals surface area (Å²) < 4.78 is 48.7. The Hall–Kier alpha value is -2.36. The van der Waals surface area contributed by atoms with Crippen molar-refractivity contribution >= 4 is 11.8 Å². The molecule has 1 aliphatic rings. The second kappa shape index (κ2) is 9.84. The Balaban J connectivity index is 1.61. The minimum absolute atomic E-state index is 0.274. The van der Waals surface area contributed by atoms with Crippen LogP contribution in [-0.2, 0) is 11.3 Å². The van der Waals surface area contributed by atoms with Crippen molar-refractivity contribution in [3.63, 3.8) is 0 Å². The number of halogens is 3. The highest BCUT2D eigenvalue weighted by atomic mass is 32.2. The first kappa shape index (κ1) is 21.9. The first-order valence-corrected chi connectivity index (χ1v) is 11.0. The number of hydrogen-bond donors (Lipinski definition) is 0. The van der Waals surface area contributed by atoms with E-state index in [4.69, 9.17) is 4.74 Å². The molecule has 5 nitrogen and oxygen atoms in total. The van der Waals surface area contributed by atoms with E-state index in [1.165, 1.54) is 30.0 Å². The molecule has 0 N–H and O–H groups in total. The van der Waals surface area contributed by atoms with Crippen LogP contribution in [-0.4, -0.2) is 52.5 Å². The van der Waals surface area contributed by atoms with Crippen LogP contribution >= 0.6 is 11.8 Å². The largest absolute Gasteiger partial charge is 0.379 e. The fourth-order valence-corrected chi connectivity index (χ4v) is 4.52. The van der Waals surface area contributed by atoms with Crippen LogP contribution in [0.1, 0.15) is 17.7 Å². The molecule has 1 fully saturated rings. The van der Waals surface area contributed by atoms with E-state index in [1.54, 1.807) is 19.1 Å². The minimum Gasteiger partial charge on any atom is -0.379 e. The standard InChI is InChI=1S/C22H23F3N4OS/c1-15(19-14-18(24)6-7-20(19)25)31-22-27-26-21(16-2-4-17(23)5-3-16)29(22)9-8-28-10-12-30-13-11-28/h2-7,14-15H,8-13H2,1H3. The molecule has 0 amide bonds. The smallest absolute Gasteiger partial charge is 0.192 e. The number of benzene rings is 2. The summed E-state index contributed by atoms with van der Waals surface area (Å²) in [6, 6.07) is 9.54. The van der Waals surface area contributed by atoms with Gasteiger partial charge in [0.05, 0.1) is 13.2 Å². The SMILES string of the molecule is CC(Sc1nnc(-c2ccc(F)cc2)n1CCN1CCOCC1)c1cc(F)ccc1F. The lowest BCUT2D eigenvalue weighted by Crippen LogP contribution is -2.38. The Labute approximate surface area is 183 Å². The van der Waals surface area contributed by atoms with Crippen LogP contribution in [0.15, 0.2) is 47.6 Å². The summed E-state index contributed by atoms with van der Waals surface area (Å²) in [4.78, 5) is 2.29. The van der Waals surface area contributed by atoms with Crippen LogP contribution in [0.3, 0.4) is 0 Å². The molecule has 1 aliphatic heterocycles. The number of ether oxygens (including phenoxy) is 1. The normalized spacial score (nSPS) is 15.9. The summed E-state index contributed by atoms with van der Waals surface area (Å²) in [5.41, 5.74) is 1.02. The lowest BCUT2D eigenvalue weighted by atomic mass is 10.1. The van der Waals surface area contributed by atoms with Gasteiger partial charge >= 0.3 is 0 Å². The zero-order chi connectivity index (χ0) is 21.8. The van der Waals surface area contributed by atoms with Crippen molar-refractivity contribution in [2.75, 3.05) is 32.8 Å². The number of aromatic nitrogens is 3. The Kier molecular flexibility index (Phi) is 6.94. The predicted molar refractivity (Wildman–Crippen MR) is 113 cm³/mol. The van der Waals surface area contributed by atoms with Crippen LogP contribution < -0.4 is 0 Å². The fraction of sp³-hybridized carbons (Fsp3) is 0.364. The predicted octanol–water partition coefficient (Wildman–Crippen LogP) is 4.55. The van der Waals surface area contributed by atoms with E-state index in [0.29, 0.717) is 30.7 Å². The molecule has 2 aromatic carbocycles. The van der Waals surface area contributed by atoms with Gasteiger partial charge in [-0.3, -0.25) is 4.90 Å². The zero-order valence-electron chi connectivity index (χ0n) is 17.1. The summed E-state index contributed by atoms with van der Waals surface area (Å²) in [7, 11) is 0. The molecule has 0 spiro atoms. The Morgan fingerprint density at radius 3 is 2.42 bits per heavy atom. The van der Waals surface area contributed by atoms with Crippen molar-refractivity contribution in [2.45, 2.75) is 23.9 Å².